The van der Waals surface area contributed by atoms with Crippen molar-refractivity contribution in [2.75, 3.05) is 0 Å². The fourth-order valence-electron chi connectivity index (χ4n) is 20.6. The van der Waals surface area contributed by atoms with E-state index in [1.165, 1.54) is 159 Å². The lowest BCUT2D eigenvalue weighted by Gasteiger charge is -2.58. The zero-order valence-corrected chi connectivity index (χ0v) is 42.0. The van der Waals surface area contributed by atoms with E-state index in [1.807, 2.05) is 22.3 Å². The zero-order chi connectivity index (χ0) is 45.2. The van der Waals surface area contributed by atoms with Gasteiger partial charge in [0.05, 0.1) is 0 Å². The van der Waals surface area contributed by atoms with Gasteiger partial charge in [0.15, 0.2) is 0 Å². The molecule has 19 atom stereocenters. The molecular formula is C68H83N. The average Bonchev–Trinajstić information content (AvgIpc) is 3.79. The summed E-state index contributed by atoms with van der Waals surface area (Å²) < 4.78 is 0. The molecule has 16 unspecified atom stereocenters. The van der Waals surface area contributed by atoms with Crippen molar-refractivity contribution in [3.63, 3.8) is 0 Å². The maximum Gasteiger partial charge on any atom is 0.0141 e. The fraction of sp³-hybridized carbons (Fsp3) is 0.618. The second-order valence-corrected chi connectivity index (χ2v) is 26.2. The summed E-state index contributed by atoms with van der Waals surface area (Å²) in [6, 6.07) is 1.43. The molecule has 1 heteroatoms. The van der Waals surface area contributed by atoms with Crippen LogP contribution in [-0.2, 0) is 0 Å². The van der Waals surface area contributed by atoms with E-state index >= 15 is 0 Å². The molecule has 4 saturated carbocycles. The van der Waals surface area contributed by atoms with Gasteiger partial charge in [0.2, 0.25) is 0 Å². The Morgan fingerprint density at radius 2 is 1.33 bits per heavy atom. The van der Waals surface area contributed by atoms with Gasteiger partial charge in [-0.05, 0) is 281 Å². The summed E-state index contributed by atoms with van der Waals surface area (Å²) in [5, 5.41) is 4.50. The fourth-order valence-corrected chi connectivity index (χ4v) is 20.6. The molecule has 1 aliphatic heterocycles. The third kappa shape index (κ3) is 7.27. The van der Waals surface area contributed by atoms with E-state index < -0.39 is 0 Å². The number of rotatable bonds is 6. The number of hydrogen-bond donors (Lipinski definition) is 1. The SMILES string of the molecule is C1=CC(C2=CCC([C@@H]3C=CC4=CCC5C(C6C=C[C@H]7C(C6)NC6CC(C8CC=C9C=CC%10C%11=C9C8CC=C%11CC[C@@H]%10C8=CCC(C9=CCCCC9)CC8)CCC67)CCC6CCC3C4C65)C=C2)=CCC1. The molecule has 1 saturated heterocycles. The number of allylic oxidation sites excluding steroid dienone is 25. The first kappa shape index (κ1) is 43.2. The van der Waals surface area contributed by atoms with Crippen molar-refractivity contribution in [2.45, 2.75) is 160 Å². The van der Waals surface area contributed by atoms with E-state index in [1.54, 1.807) is 16.7 Å². The van der Waals surface area contributed by atoms with E-state index in [0.29, 0.717) is 23.8 Å². The van der Waals surface area contributed by atoms with Gasteiger partial charge in [0, 0.05) is 18.0 Å². The molecule has 0 aromatic carbocycles. The van der Waals surface area contributed by atoms with Crippen LogP contribution in [0.1, 0.15) is 148 Å². The Morgan fingerprint density at radius 1 is 0.449 bits per heavy atom. The van der Waals surface area contributed by atoms with Crippen LogP contribution in [0.15, 0.2) is 153 Å². The summed E-state index contributed by atoms with van der Waals surface area (Å²) in [6.45, 7) is 0. The predicted octanol–water partition coefficient (Wildman–Crippen LogP) is 16.5. The van der Waals surface area contributed by atoms with E-state index in [-0.39, 0.29) is 0 Å². The monoisotopic (exact) mass is 914 g/mol. The van der Waals surface area contributed by atoms with Gasteiger partial charge in [-0.15, -0.1) is 0 Å². The van der Waals surface area contributed by atoms with Crippen molar-refractivity contribution in [1.29, 1.82) is 0 Å². The van der Waals surface area contributed by atoms with Crippen LogP contribution in [-0.4, -0.2) is 12.1 Å². The maximum atomic E-state index is 4.50. The molecule has 5 fully saturated rings. The molecule has 0 aromatic heterocycles. The minimum atomic E-state index is 0.621. The minimum absolute atomic E-state index is 0.621. The molecule has 0 radical (unpaired) electrons. The lowest BCUT2D eigenvalue weighted by Crippen LogP contribution is -2.51. The lowest BCUT2D eigenvalue weighted by atomic mass is 9.46. The van der Waals surface area contributed by atoms with Gasteiger partial charge in [0.1, 0.15) is 0 Å². The Morgan fingerprint density at radius 3 is 2.20 bits per heavy atom. The van der Waals surface area contributed by atoms with E-state index in [0.717, 1.165) is 88.9 Å². The van der Waals surface area contributed by atoms with E-state index in [2.05, 4.69) is 109 Å². The molecule has 0 spiro atoms. The molecule has 15 rings (SSSR count). The summed E-state index contributed by atoms with van der Waals surface area (Å²) in [7, 11) is 0. The summed E-state index contributed by atoms with van der Waals surface area (Å²) in [5.41, 5.74) is 15.4. The zero-order valence-electron chi connectivity index (χ0n) is 42.0. The highest BCUT2D eigenvalue weighted by atomic mass is 15.0. The van der Waals surface area contributed by atoms with Gasteiger partial charge in [-0.1, -0.05) is 114 Å². The molecule has 360 valence electrons. The first-order valence-corrected chi connectivity index (χ1v) is 30.0. The van der Waals surface area contributed by atoms with Gasteiger partial charge in [0.25, 0.3) is 0 Å². The van der Waals surface area contributed by atoms with Crippen LogP contribution >= 0.6 is 0 Å². The van der Waals surface area contributed by atoms with Crippen molar-refractivity contribution in [3.8, 4) is 0 Å². The molecule has 15 aliphatic rings. The van der Waals surface area contributed by atoms with Crippen molar-refractivity contribution >= 4 is 0 Å². The van der Waals surface area contributed by atoms with E-state index in [9.17, 15) is 0 Å². The van der Waals surface area contributed by atoms with Crippen LogP contribution in [0.4, 0.5) is 0 Å². The van der Waals surface area contributed by atoms with Crippen LogP contribution in [0.3, 0.4) is 0 Å². The van der Waals surface area contributed by atoms with Gasteiger partial charge < -0.3 is 5.32 Å². The molecule has 0 aromatic rings. The van der Waals surface area contributed by atoms with Gasteiger partial charge >= 0.3 is 0 Å². The molecule has 0 bridgehead atoms. The summed E-state index contributed by atoms with van der Waals surface area (Å²) in [6.07, 6.45) is 76.4. The summed E-state index contributed by atoms with van der Waals surface area (Å²) >= 11 is 0. The smallest absolute Gasteiger partial charge is 0.0141 e. The minimum Gasteiger partial charge on any atom is -0.310 e. The quantitative estimate of drug-likeness (QED) is 0.262. The molecule has 1 nitrogen and oxygen atoms in total. The third-order valence-corrected chi connectivity index (χ3v) is 23.6. The summed E-state index contributed by atoms with van der Waals surface area (Å²) in [5.74, 6) is 13.7. The Balaban J connectivity index is 0.614. The van der Waals surface area contributed by atoms with Crippen LogP contribution in [0.5, 0.6) is 0 Å². The number of nitrogens with one attached hydrogen (secondary N) is 1. The Kier molecular flexibility index (Phi) is 11.1. The van der Waals surface area contributed by atoms with Gasteiger partial charge in [-0.2, -0.15) is 0 Å². The maximum absolute atomic E-state index is 4.50. The Hall–Kier alpha value is -3.42. The molecule has 14 aliphatic carbocycles. The van der Waals surface area contributed by atoms with Crippen molar-refractivity contribution in [2.24, 2.45) is 101 Å². The van der Waals surface area contributed by atoms with Crippen molar-refractivity contribution in [3.05, 3.63) is 153 Å². The topological polar surface area (TPSA) is 12.0 Å². The Labute approximate surface area is 417 Å². The second-order valence-electron chi connectivity index (χ2n) is 26.2. The second kappa shape index (κ2) is 17.7. The van der Waals surface area contributed by atoms with Gasteiger partial charge in [-0.25, -0.2) is 0 Å². The highest BCUT2D eigenvalue weighted by Gasteiger charge is 2.56. The van der Waals surface area contributed by atoms with Crippen molar-refractivity contribution in [1.82, 2.24) is 5.32 Å². The average molecular weight is 914 g/mol. The van der Waals surface area contributed by atoms with E-state index in [4.69, 9.17) is 0 Å². The molecule has 0 amide bonds. The van der Waals surface area contributed by atoms with Crippen LogP contribution in [0.2, 0.25) is 0 Å². The highest BCUT2D eigenvalue weighted by molar-refractivity contribution is 5.61. The van der Waals surface area contributed by atoms with Crippen LogP contribution < -0.4 is 5.32 Å². The highest BCUT2D eigenvalue weighted by Crippen LogP contribution is 2.63. The molecule has 1 N–H and O–H groups in total. The standard InChI is InChI=1S/C68H83N/c1-3-7-41(8-4-1)43-11-15-45(16-12-43)53-29-19-47-25-37-61-55(31-21-49-23-35-59(53)65(47)67(49)61)51-27-33-57-58-34-28-52(40-64(58)69-63(57)39-51)56-32-22-50-24-36-60-54(30-20-48-26-38-62(56)68(50)66(48)60)46-17-13-44(14-18-46)42-9-5-2-6-10-42/h3,7-9,11-12,15,17,19,22,24-27,29,33,36,44-45,49,51-65,67,69H,1-2,4-6,10,13-14,16,18,20-21,23,28,30-32,34-35,37-40H2/t44?,45?,49?,51?,52?,53-,54+,55?,56?,57+,58?,59?,60?,61?,62?,63?,64?,65?,67?/m0/s1. The summed E-state index contributed by atoms with van der Waals surface area (Å²) in [4.78, 5) is 0. The molecule has 69 heavy (non-hydrogen) atoms. The molecule has 1 heterocycles. The predicted molar refractivity (Wildman–Crippen MR) is 286 cm³/mol. The molecular weight excluding hydrogens is 831 g/mol. The lowest BCUT2D eigenvalue weighted by molar-refractivity contribution is -0.0397. The van der Waals surface area contributed by atoms with Crippen LogP contribution in [0, 0.1) is 101 Å². The number of fused-ring (bicyclic) bond motifs is 3. The van der Waals surface area contributed by atoms with Crippen LogP contribution in [0.25, 0.3) is 0 Å². The van der Waals surface area contributed by atoms with Crippen molar-refractivity contribution < 1.29 is 0 Å². The van der Waals surface area contributed by atoms with Gasteiger partial charge in [-0.3, -0.25) is 0 Å². The first-order valence-electron chi connectivity index (χ1n) is 30.0. The normalized spacial score (nSPS) is 46.7. The Bertz CT molecular complexity index is 2510. The number of hydrogen-bond acceptors (Lipinski definition) is 1. The third-order valence-electron chi connectivity index (χ3n) is 23.6. The largest absolute Gasteiger partial charge is 0.310 e. The first-order chi connectivity index (χ1) is 34.2.